The summed E-state index contributed by atoms with van der Waals surface area (Å²) in [6, 6.07) is 11.7. The molecule has 0 fully saturated rings. The average molecular weight is 391 g/mol. The van der Waals surface area contributed by atoms with Gasteiger partial charge in [-0.2, -0.15) is 0 Å². The molecule has 150 valence electrons. The van der Waals surface area contributed by atoms with Crippen LogP contribution in [0.15, 0.2) is 65.8 Å². The van der Waals surface area contributed by atoms with Crippen molar-refractivity contribution in [3.05, 3.63) is 67.0 Å². The molecule has 0 unspecified atom stereocenters. The highest BCUT2D eigenvalue weighted by molar-refractivity contribution is 6.00. The maximum absolute atomic E-state index is 12.1. The molecular formula is C24H25NO4. The molecule has 0 saturated heterocycles. The summed E-state index contributed by atoms with van der Waals surface area (Å²) in [5.41, 5.74) is 4.37. The highest BCUT2D eigenvalue weighted by atomic mass is 16.5. The predicted molar refractivity (Wildman–Crippen MR) is 116 cm³/mol. The van der Waals surface area contributed by atoms with Crippen molar-refractivity contribution in [3.63, 3.8) is 0 Å². The maximum Gasteiger partial charge on any atom is 0.244 e. The summed E-state index contributed by atoms with van der Waals surface area (Å²) in [5, 5.41) is 3.71. The molecule has 1 aromatic heterocycles. The zero-order chi connectivity index (χ0) is 20.8. The normalized spacial score (nSPS) is 11.3. The van der Waals surface area contributed by atoms with E-state index in [9.17, 15) is 4.79 Å². The number of hydrogen-bond donors (Lipinski definition) is 1. The Bertz CT molecular complexity index is 1040. The van der Waals surface area contributed by atoms with Crippen LogP contribution in [0.5, 0.6) is 11.5 Å². The largest absolute Gasteiger partial charge is 0.497 e. The fraction of sp³-hybridized carbons (Fsp3) is 0.208. The van der Waals surface area contributed by atoms with Gasteiger partial charge in [-0.1, -0.05) is 18.2 Å². The molecule has 0 saturated carbocycles. The Morgan fingerprint density at radius 2 is 2.00 bits per heavy atom. The van der Waals surface area contributed by atoms with Gasteiger partial charge in [0.1, 0.15) is 17.1 Å². The molecule has 0 aliphatic heterocycles. The SMILES string of the molecule is C=CCNC(=O)/C=C(\C)c1cc2c(-c3ccc(OC)cc3)coc2cc1OCC. The monoisotopic (exact) mass is 391 g/mol. The first-order chi connectivity index (χ1) is 14.1. The van der Waals surface area contributed by atoms with Gasteiger partial charge < -0.3 is 19.2 Å². The van der Waals surface area contributed by atoms with Crippen LogP contribution in [0.25, 0.3) is 27.7 Å². The van der Waals surface area contributed by atoms with Crippen molar-refractivity contribution in [1.82, 2.24) is 5.32 Å². The number of rotatable bonds is 8. The van der Waals surface area contributed by atoms with Crippen molar-refractivity contribution >= 4 is 22.4 Å². The lowest BCUT2D eigenvalue weighted by Gasteiger charge is -2.12. The number of furan rings is 1. The molecule has 3 rings (SSSR count). The predicted octanol–water partition coefficient (Wildman–Crippen LogP) is 5.21. The van der Waals surface area contributed by atoms with Crippen LogP contribution in [0.3, 0.4) is 0 Å². The standard InChI is InChI=1S/C24H25NO4/c1-5-11-25-24(26)12-16(3)19-13-20-21(17-7-9-18(27-4)10-8-17)15-29-23(20)14-22(19)28-6-2/h5,7-10,12-15H,1,6,11H2,2-4H3,(H,25,26)/b16-12+. The summed E-state index contributed by atoms with van der Waals surface area (Å²) < 4.78 is 16.8. The molecule has 29 heavy (non-hydrogen) atoms. The van der Waals surface area contributed by atoms with Crippen LogP contribution in [0.2, 0.25) is 0 Å². The Labute approximate surface area is 170 Å². The summed E-state index contributed by atoms with van der Waals surface area (Å²) >= 11 is 0. The third kappa shape index (κ3) is 4.51. The van der Waals surface area contributed by atoms with Crippen LogP contribution in [0.1, 0.15) is 19.4 Å². The van der Waals surface area contributed by atoms with Gasteiger partial charge in [0.05, 0.1) is 20.0 Å². The summed E-state index contributed by atoms with van der Waals surface area (Å²) in [4.78, 5) is 12.1. The van der Waals surface area contributed by atoms with Gasteiger partial charge in [0.15, 0.2) is 0 Å². The first-order valence-corrected chi connectivity index (χ1v) is 9.47. The minimum Gasteiger partial charge on any atom is -0.497 e. The maximum atomic E-state index is 12.1. The van der Waals surface area contributed by atoms with E-state index in [0.29, 0.717) is 18.9 Å². The van der Waals surface area contributed by atoms with E-state index in [0.717, 1.165) is 39.0 Å². The second kappa shape index (κ2) is 9.15. The third-order valence-electron chi connectivity index (χ3n) is 4.57. The minimum atomic E-state index is -0.174. The Kier molecular flexibility index (Phi) is 6.39. The quantitative estimate of drug-likeness (QED) is 0.423. The number of fused-ring (bicyclic) bond motifs is 1. The Morgan fingerprint density at radius 3 is 2.66 bits per heavy atom. The topological polar surface area (TPSA) is 60.7 Å². The molecule has 0 radical (unpaired) electrons. The zero-order valence-corrected chi connectivity index (χ0v) is 17.0. The summed E-state index contributed by atoms with van der Waals surface area (Å²) in [5.74, 6) is 1.30. The van der Waals surface area contributed by atoms with Crippen molar-refractivity contribution < 1.29 is 18.7 Å². The van der Waals surface area contributed by atoms with Crippen LogP contribution in [0, 0.1) is 0 Å². The zero-order valence-electron chi connectivity index (χ0n) is 17.0. The number of ether oxygens (including phenoxy) is 2. The van der Waals surface area contributed by atoms with Crippen LogP contribution >= 0.6 is 0 Å². The van der Waals surface area contributed by atoms with Crippen molar-refractivity contribution in [3.8, 4) is 22.6 Å². The van der Waals surface area contributed by atoms with E-state index in [1.807, 2.05) is 50.2 Å². The van der Waals surface area contributed by atoms with Crippen molar-refractivity contribution in [2.45, 2.75) is 13.8 Å². The lowest BCUT2D eigenvalue weighted by Crippen LogP contribution is -2.20. The van der Waals surface area contributed by atoms with Gasteiger partial charge in [0.25, 0.3) is 0 Å². The van der Waals surface area contributed by atoms with E-state index in [1.165, 1.54) is 0 Å². The number of hydrogen-bond acceptors (Lipinski definition) is 4. The number of carbonyl (C=O) groups is 1. The van der Waals surface area contributed by atoms with Gasteiger partial charge >= 0.3 is 0 Å². The van der Waals surface area contributed by atoms with Gasteiger partial charge in [0, 0.05) is 35.2 Å². The van der Waals surface area contributed by atoms with E-state index >= 15 is 0 Å². The van der Waals surface area contributed by atoms with Crippen molar-refractivity contribution in [2.75, 3.05) is 20.3 Å². The van der Waals surface area contributed by atoms with Gasteiger partial charge in [-0.05, 0) is 43.2 Å². The Hall–Kier alpha value is -3.47. The van der Waals surface area contributed by atoms with Crippen molar-refractivity contribution in [1.29, 1.82) is 0 Å². The van der Waals surface area contributed by atoms with Gasteiger partial charge in [-0.15, -0.1) is 6.58 Å². The number of nitrogens with one attached hydrogen (secondary N) is 1. The van der Waals surface area contributed by atoms with E-state index in [1.54, 1.807) is 25.5 Å². The first kappa shape index (κ1) is 20.3. The van der Waals surface area contributed by atoms with E-state index < -0.39 is 0 Å². The summed E-state index contributed by atoms with van der Waals surface area (Å²) in [7, 11) is 1.64. The van der Waals surface area contributed by atoms with Gasteiger partial charge in [-0.3, -0.25) is 4.79 Å². The number of allylic oxidation sites excluding steroid dienone is 1. The van der Waals surface area contributed by atoms with Gasteiger partial charge in [-0.25, -0.2) is 0 Å². The Morgan fingerprint density at radius 1 is 1.24 bits per heavy atom. The molecule has 0 bridgehead atoms. The number of methoxy groups -OCH3 is 1. The lowest BCUT2D eigenvalue weighted by molar-refractivity contribution is -0.116. The highest BCUT2D eigenvalue weighted by Gasteiger charge is 2.15. The fourth-order valence-corrected chi connectivity index (χ4v) is 3.13. The third-order valence-corrected chi connectivity index (χ3v) is 4.57. The first-order valence-electron chi connectivity index (χ1n) is 9.47. The van der Waals surface area contributed by atoms with Crippen LogP contribution in [0.4, 0.5) is 0 Å². The molecule has 0 spiro atoms. The minimum absolute atomic E-state index is 0.174. The molecule has 1 amide bonds. The van der Waals surface area contributed by atoms with E-state index in [4.69, 9.17) is 13.9 Å². The molecule has 5 heteroatoms. The molecule has 5 nitrogen and oxygen atoms in total. The lowest BCUT2D eigenvalue weighted by atomic mass is 9.99. The summed E-state index contributed by atoms with van der Waals surface area (Å²) in [6.07, 6.45) is 4.95. The van der Waals surface area contributed by atoms with E-state index in [2.05, 4.69) is 11.9 Å². The summed E-state index contributed by atoms with van der Waals surface area (Å²) in [6.45, 7) is 8.37. The molecular weight excluding hydrogens is 366 g/mol. The van der Waals surface area contributed by atoms with Crippen molar-refractivity contribution in [2.24, 2.45) is 0 Å². The second-order valence-corrected chi connectivity index (χ2v) is 6.52. The molecule has 0 aliphatic carbocycles. The van der Waals surface area contributed by atoms with Gasteiger partial charge in [0.2, 0.25) is 5.91 Å². The number of carbonyl (C=O) groups excluding carboxylic acids is 1. The fourth-order valence-electron chi connectivity index (χ4n) is 3.13. The second-order valence-electron chi connectivity index (χ2n) is 6.52. The molecule has 3 aromatic rings. The molecule has 1 N–H and O–H groups in total. The number of amides is 1. The molecule has 2 aromatic carbocycles. The van der Waals surface area contributed by atoms with E-state index in [-0.39, 0.29) is 5.91 Å². The smallest absolute Gasteiger partial charge is 0.244 e. The molecule has 0 aliphatic rings. The number of benzene rings is 2. The van der Waals surface area contributed by atoms with Crippen LogP contribution in [-0.2, 0) is 4.79 Å². The van der Waals surface area contributed by atoms with Crippen LogP contribution < -0.4 is 14.8 Å². The molecule has 1 heterocycles. The Balaban J connectivity index is 2.07. The average Bonchev–Trinajstić information content (AvgIpc) is 3.14. The molecule has 0 atom stereocenters. The van der Waals surface area contributed by atoms with Crippen LogP contribution in [-0.4, -0.2) is 26.2 Å². The highest BCUT2D eigenvalue weighted by Crippen LogP contribution is 2.37.